The average Bonchev–Trinajstić information content (AvgIpc) is 2.50. The quantitative estimate of drug-likeness (QED) is 0.679. The molecule has 0 aliphatic heterocycles. The Morgan fingerprint density at radius 1 is 1.12 bits per heavy atom. The van der Waals surface area contributed by atoms with Crippen molar-refractivity contribution in [2.45, 2.75) is 76.7 Å². The molecule has 2 aliphatic rings. The number of hydrogen-bond acceptors (Lipinski definition) is 2. The fourth-order valence-corrected chi connectivity index (χ4v) is 3.22. The monoisotopic (exact) mass is 238 g/mol. The van der Waals surface area contributed by atoms with E-state index in [1.165, 1.54) is 32.1 Å². The number of hydrogen-bond donors (Lipinski definition) is 0. The highest BCUT2D eigenvalue weighted by atomic mass is 16.5. The zero-order chi connectivity index (χ0) is 12.1. The molecule has 2 rings (SSSR count). The first kappa shape index (κ1) is 13.1. The second-order valence-electron chi connectivity index (χ2n) is 5.77. The summed E-state index contributed by atoms with van der Waals surface area (Å²) in [6, 6.07) is 0. The fourth-order valence-electron chi connectivity index (χ4n) is 3.22. The van der Waals surface area contributed by atoms with Crippen LogP contribution in [0.2, 0.25) is 0 Å². The molecule has 0 heterocycles. The average molecular weight is 238 g/mol. The number of rotatable bonds is 5. The molecule has 2 fully saturated rings. The summed E-state index contributed by atoms with van der Waals surface area (Å²) in [5.74, 6) is 1.08. The topological polar surface area (TPSA) is 26.3 Å². The van der Waals surface area contributed by atoms with Crippen molar-refractivity contribution in [2.24, 2.45) is 5.92 Å². The van der Waals surface area contributed by atoms with Gasteiger partial charge in [-0.2, -0.15) is 0 Å². The lowest BCUT2D eigenvalue weighted by Crippen LogP contribution is -2.42. The Morgan fingerprint density at radius 2 is 1.76 bits per heavy atom. The number of Topliss-reactive ketones (excluding diaryl/α,β-unsaturated/α-hetero) is 1. The third-order valence-corrected chi connectivity index (χ3v) is 4.54. The van der Waals surface area contributed by atoms with E-state index in [1.807, 2.05) is 6.92 Å². The van der Waals surface area contributed by atoms with Crippen molar-refractivity contribution in [1.29, 1.82) is 0 Å². The Kier molecular flexibility index (Phi) is 4.61. The SMILES string of the molecule is CCOC1(C(=O)CC2CCC2)CCCCCC1. The minimum Gasteiger partial charge on any atom is -0.368 e. The molecule has 0 aromatic rings. The summed E-state index contributed by atoms with van der Waals surface area (Å²) in [5.41, 5.74) is -0.402. The predicted octanol–water partition coefficient (Wildman–Crippen LogP) is 3.88. The van der Waals surface area contributed by atoms with E-state index in [0.29, 0.717) is 18.3 Å². The Balaban J connectivity index is 1.99. The van der Waals surface area contributed by atoms with Crippen LogP contribution in [0.5, 0.6) is 0 Å². The predicted molar refractivity (Wildman–Crippen MR) is 69.0 cm³/mol. The van der Waals surface area contributed by atoms with Gasteiger partial charge in [0, 0.05) is 13.0 Å². The van der Waals surface area contributed by atoms with E-state index in [1.54, 1.807) is 0 Å². The van der Waals surface area contributed by atoms with E-state index in [0.717, 1.165) is 32.1 Å². The molecule has 2 heteroatoms. The minimum atomic E-state index is -0.402. The Morgan fingerprint density at radius 3 is 2.24 bits per heavy atom. The van der Waals surface area contributed by atoms with Gasteiger partial charge in [0.25, 0.3) is 0 Å². The first-order chi connectivity index (χ1) is 8.27. The fraction of sp³-hybridized carbons (Fsp3) is 0.933. The third kappa shape index (κ3) is 3.09. The van der Waals surface area contributed by atoms with Crippen LogP contribution >= 0.6 is 0 Å². The van der Waals surface area contributed by atoms with Crippen molar-refractivity contribution in [3.05, 3.63) is 0 Å². The molecule has 0 bridgehead atoms. The Bertz CT molecular complexity index is 248. The highest BCUT2D eigenvalue weighted by Crippen LogP contribution is 2.37. The second-order valence-corrected chi connectivity index (χ2v) is 5.77. The molecule has 98 valence electrons. The van der Waals surface area contributed by atoms with Crippen molar-refractivity contribution in [3.63, 3.8) is 0 Å². The van der Waals surface area contributed by atoms with Gasteiger partial charge in [-0.05, 0) is 25.7 Å². The lowest BCUT2D eigenvalue weighted by molar-refractivity contribution is -0.148. The maximum atomic E-state index is 12.5. The Labute approximate surface area is 105 Å². The van der Waals surface area contributed by atoms with E-state index in [2.05, 4.69) is 0 Å². The van der Waals surface area contributed by atoms with Crippen LogP contribution in [0.15, 0.2) is 0 Å². The highest BCUT2D eigenvalue weighted by Gasteiger charge is 2.40. The van der Waals surface area contributed by atoms with Gasteiger partial charge in [-0.25, -0.2) is 0 Å². The van der Waals surface area contributed by atoms with Gasteiger partial charge >= 0.3 is 0 Å². The Hall–Kier alpha value is -0.370. The largest absolute Gasteiger partial charge is 0.368 e. The van der Waals surface area contributed by atoms with Crippen molar-refractivity contribution in [1.82, 2.24) is 0 Å². The van der Waals surface area contributed by atoms with Crippen LogP contribution in [0, 0.1) is 5.92 Å². The zero-order valence-corrected chi connectivity index (χ0v) is 11.2. The van der Waals surface area contributed by atoms with Crippen LogP contribution in [-0.4, -0.2) is 18.0 Å². The molecule has 2 saturated carbocycles. The normalized spacial score (nSPS) is 25.0. The van der Waals surface area contributed by atoms with Crippen LogP contribution in [0.1, 0.15) is 71.1 Å². The van der Waals surface area contributed by atoms with E-state index in [-0.39, 0.29) is 0 Å². The smallest absolute Gasteiger partial charge is 0.164 e. The van der Waals surface area contributed by atoms with Gasteiger partial charge in [0.15, 0.2) is 5.78 Å². The molecule has 0 N–H and O–H groups in total. The van der Waals surface area contributed by atoms with E-state index >= 15 is 0 Å². The molecule has 0 spiro atoms. The third-order valence-electron chi connectivity index (χ3n) is 4.54. The van der Waals surface area contributed by atoms with E-state index < -0.39 is 5.60 Å². The van der Waals surface area contributed by atoms with Crippen molar-refractivity contribution < 1.29 is 9.53 Å². The molecule has 0 unspecified atom stereocenters. The van der Waals surface area contributed by atoms with Crippen molar-refractivity contribution in [3.8, 4) is 0 Å². The first-order valence-electron chi connectivity index (χ1n) is 7.44. The van der Waals surface area contributed by atoms with Crippen molar-refractivity contribution in [2.75, 3.05) is 6.61 Å². The standard InChI is InChI=1S/C15H26O2/c1-2-17-15(10-5-3-4-6-11-15)14(16)12-13-8-7-9-13/h13H,2-12H2,1H3. The van der Waals surface area contributed by atoms with Crippen LogP contribution in [-0.2, 0) is 9.53 Å². The molecule has 17 heavy (non-hydrogen) atoms. The van der Waals surface area contributed by atoms with Gasteiger partial charge in [-0.1, -0.05) is 44.9 Å². The number of carbonyl (C=O) groups excluding carboxylic acids is 1. The second kappa shape index (κ2) is 5.99. The summed E-state index contributed by atoms with van der Waals surface area (Å²) in [6.45, 7) is 2.69. The summed E-state index contributed by atoms with van der Waals surface area (Å²) in [7, 11) is 0. The lowest BCUT2D eigenvalue weighted by atomic mass is 9.77. The van der Waals surface area contributed by atoms with E-state index in [4.69, 9.17) is 4.74 Å². The van der Waals surface area contributed by atoms with E-state index in [9.17, 15) is 4.79 Å². The van der Waals surface area contributed by atoms with Gasteiger partial charge in [0.1, 0.15) is 5.60 Å². The molecule has 2 nitrogen and oxygen atoms in total. The molecule has 0 amide bonds. The summed E-state index contributed by atoms with van der Waals surface area (Å²) in [5, 5.41) is 0. The summed E-state index contributed by atoms with van der Waals surface area (Å²) in [6.07, 6.45) is 11.4. The summed E-state index contributed by atoms with van der Waals surface area (Å²) in [4.78, 5) is 12.5. The van der Waals surface area contributed by atoms with Gasteiger partial charge in [0.2, 0.25) is 0 Å². The van der Waals surface area contributed by atoms with Crippen LogP contribution in [0.25, 0.3) is 0 Å². The van der Waals surface area contributed by atoms with Crippen LogP contribution in [0.4, 0.5) is 0 Å². The number of carbonyl (C=O) groups is 1. The molecule has 0 atom stereocenters. The molecule has 2 aliphatic carbocycles. The van der Waals surface area contributed by atoms with Crippen molar-refractivity contribution >= 4 is 5.78 Å². The molecule has 0 radical (unpaired) electrons. The molecule has 0 aromatic heterocycles. The van der Waals surface area contributed by atoms with Crippen LogP contribution < -0.4 is 0 Å². The van der Waals surface area contributed by atoms with Crippen LogP contribution in [0.3, 0.4) is 0 Å². The number of ketones is 1. The molecular weight excluding hydrogens is 212 g/mol. The summed E-state index contributed by atoms with van der Waals surface area (Å²) >= 11 is 0. The summed E-state index contributed by atoms with van der Waals surface area (Å²) < 4.78 is 5.93. The zero-order valence-electron chi connectivity index (χ0n) is 11.2. The van der Waals surface area contributed by atoms with Gasteiger partial charge in [-0.15, -0.1) is 0 Å². The van der Waals surface area contributed by atoms with Gasteiger partial charge < -0.3 is 4.74 Å². The highest BCUT2D eigenvalue weighted by molar-refractivity contribution is 5.87. The number of ether oxygens (including phenoxy) is 1. The van der Waals surface area contributed by atoms with Gasteiger partial charge in [0.05, 0.1) is 0 Å². The molecular formula is C15H26O2. The van der Waals surface area contributed by atoms with Gasteiger partial charge in [-0.3, -0.25) is 4.79 Å². The minimum absolute atomic E-state index is 0.402. The lowest BCUT2D eigenvalue weighted by Gasteiger charge is -2.34. The first-order valence-corrected chi connectivity index (χ1v) is 7.44. The molecule has 0 saturated heterocycles. The molecule has 0 aromatic carbocycles. The maximum Gasteiger partial charge on any atom is 0.164 e. The maximum absolute atomic E-state index is 12.5.